The topological polar surface area (TPSA) is 65.6 Å². The van der Waals surface area contributed by atoms with Crippen molar-refractivity contribution in [1.29, 1.82) is 0 Å². The van der Waals surface area contributed by atoms with Crippen LogP contribution >= 0.6 is 0 Å². The molecule has 0 fully saturated rings. The van der Waals surface area contributed by atoms with E-state index in [9.17, 15) is 9.59 Å². The molecule has 0 aliphatic heterocycles. The molecule has 3 aromatic rings. The number of para-hydroxylation sites is 1. The summed E-state index contributed by atoms with van der Waals surface area (Å²) in [6.45, 7) is 6.24. The van der Waals surface area contributed by atoms with Crippen molar-refractivity contribution in [2.45, 2.75) is 58.9 Å². The summed E-state index contributed by atoms with van der Waals surface area (Å²) in [5.74, 6) is -0.00292. The van der Waals surface area contributed by atoms with Crippen LogP contribution < -0.4 is 0 Å². The Labute approximate surface area is 215 Å². The minimum Gasteiger partial charge on any atom is -0.383 e. The molecule has 0 atom stereocenters. The predicted octanol–water partition coefficient (Wildman–Crippen LogP) is 5.49. The summed E-state index contributed by atoms with van der Waals surface area (Å²) in [7, 11) is 1.62. The monoisotopic (exact) mass is 491 g/mol. The predicted molar refractivity (Wildman–Crippen MR) is 146 cm³/mol. The smallest absolute Gasteiger partial charge is 0.242 e. The molecule has 0 aliphatic carbocycles. The van der Waals surface area contributed by atoms with E-state index in [1.807, 2.05) is 23.2 Å². The third-order valence-electron chi connectivity index (χ3n) is 6.66. The van der Waals surface area contributed by atoms with Crippen molar-refractivity contribution >= 4 is 22.7 Å². The van der Waals surface area contributed by atoms with Gasteiger partial charge in [0.1, 0.15) is 0 Å². The highest BCUT2D eigenvalue weighted by Crippen LogP contribution is 2.19. The van der Waals surface area contributed by atoms with E-state index in [2.05, 4.69) is 55.2 Å². The Morgan fingerprint density at radius 1 is 0.917 bits per heavy atom. The zero-order valence-corrected chi connectivity index (χ0v) is 22.1. The number of amides is 2. The van der Waals surface area contributed by atoms with Crippen LogP contribution in [0.3, 0.4) is 0 Å². The van der Waals surface area contributed by atoms with Crippen molar-refractivity contribution in [1.82, 2.24) is 14.8 Å². The average molecular weight is 492 g/mol. The molecule has 1 aromatic heterocycles. The number of aromatic nitrogens is 1. The first kappa shape index (κ1) is 27.5. The highest BCUT2D eigenvalue weighted by molar-refractivity contribution is 5.85. The first-order valence-electron chi connectivity index (χ1n) is 13.2. The number of aromatic amines is 1. The Bertz CT molecular complexity index is 1090. The number of nitrogens with one attached hydrogen (secondary N) is 1. The zero-order chi connectivity index (χ0) is 25.8. The minimum absolute atomic E-state index is 0.0309. The molecule has 0 bridgehead atoms. The van der Waals surface area contributed by atoms with Gasteiger partial charge in [0.2, 0.25) is 11.8 Å². The first-order chi connectivity index (χ1) is 17.5. The summed E-state index contributed by atoms with van der Waals surface area (Å²) >= 11 is 0. The van der Waals surface area contributed by atoms with Crippen LogP contribution in [0.1, 0.15) is 55.7 Å². The van der Waals surface area contributed by atoms with E-state index in [1.165, 1.54) is 16.5 Å². The highest BCUT2D eigenvalue weighted by Gasteiger charge is 2.21. The third-order valence-corrected chi connectivity index (χ3v) is 6.66. The van der Waals surface area contributed by atoms with E-state index < -0.39 is 0 Å². The lowest BCUT2D eigenvalue weighted by Crippen LogP contribution is -2.44. The van der Waals surface area contributed by atoms with Crippen molar-refractivity contribution in [3.05, 3.63) is 71.4 Å². The fourth-order valence-electron chi connectivity index (χ4n) is 4.42. The summed E-state index contributed by atoms with van der Waals surface area (Å²) in [4.78, 5) is 33.4. The number of methoxy groups -OCH3 is 1. The van der Waals surface area contributed by atoms with Gasteiger partial charge in [-0.25, -0.2) is 0 Å². The molecule has 0 aliphatic rings. The molecule has 3 rings (SSSR count). The van der Waals surface area contributed by atoms with Crippen LogP contribution in [-0.4, -0.2) is 59.9 Å². The van der Waals surface area contributed by atoms with Gasteiger partial charge in [-0.05, 0) is 37.0 Å². The van der Waals surface area contributed by atoms with Crippen LogP contribution in [0.5, 0.6) is 0 Å². The maximum Gasteiger partial charge on any atom is 0.242 e. The van der Waals surface area contributed by atoms with Gasteiger partial charge in [0.05, 0.1) is 13.2 Å². The van der Waals surface area contributed by atoms with Crippen molar-refractivity contribution < 1.29 is 14.3 Å². The van der Waals surface area contributed by atoms with Crippen molar-refractivity contribution in [3.63, 3.8) is 0 Å². The van der Waals surface area contributed by atoms with E-state index >= 15 is 0 Å². The minimum atomic E-state index is -0.0339. The van der Waals surface area contributed by atoms with Crippen LogP contribution in [0.4, 0.5) is 0 Å². The van der Waals surface area contributed by atoms with Gasteiger partial charge in [0.25, 0.3) is 0 Å². The number of hydrogen-bond donors (Lipinski definition) is 1. The lowest BCUT2D eigenvalue weighted by atomic mass is 10.1. The van der Waals surface area contributed by atoms with E-state index in [1.54, 1.807) is 12.0 Å². The number of nitrogens with zero attached hydrogens (tertiary/aromatic N) is 2. The molecule has 36 heavy (non-hydrogen) atoms. The van der Waals surface area contributed by atoms with Gasteiger partial charge in [-0.15, -0.1) is 0 Å². The molecule has 2 amide bonds. The summed E-state index contributed by atoms with van der Waals surface area (Å²) in [5, 5.41) is 1.18. The number of fused-ring (bicyclic) bond motifs is 1. The normalized spacial score (nSPS) is 11.1. The molecule has 194 valence electrons. The second-order valence-electron chi connectivity index (χ2n) is 9.53. The third kappa shape index (κ3) is 8.23. The first-order valence-corrected chi connectivity index (χ1v) is 13.2. The zero-order valence-electron chi connectivity index (χ0n) is 22.1. The molecule has 6 heteroatoms. The molecule has 2 aromatic carbocycles. The van der Waals surface area contributed by atoms with Crippen molar-refractivity contribution in [2.75, 3.05) is 33.4 Å². The SMILES string of the molecule is CCCCCCC(=O)N(CCOC)CC(=O)N(CCc1c[nH]c2ccccc12)Cc1ccc(C)cc1. The Balaban J connectivity index is 1.72. The van der Waals surface area contributed by atoms with E-state index in [0.29, 0.717) is 32.7 Å². The molecule has 0 radical (unpaired) electrons. The summed E-state index contributed by atoms with van der Waals surface area (Å²) in [5.41, 5.74) is 4.57. The van der Waals surface area contributed by atoms with Crippen molar-refractivity contribution in [3.8, 4) is 0 Å². The van der Waals surface area contributed by atoms with E-state index in [4.69, 9.17) is 4.74 Å². The number of ether oxygens (including phenoxy) is 1. The number of benzene rings is 2. The molecule has 0 spiro atoms. The van der Waals surface area contributed by atoms with Crippen LogP contribution in [0.2, 0.25) is 0 Å². The number of rotatable bonds is 15. The summed E-state index contributed by atoms with van der Waals surface area (Å²) < 4.78 is 5.23. The maximum atomic E-state index is 13.6. The molecule has 0 unspecified atom stereocenters. The fourth-order valence-corrected chi connectivity index (χ4v) is 4.42. The second kappa shape index (κ2) is 14.4. The largest absolute Gasteiger partial charge is 0.383 e. The Hall–Kier alpha value is -3.12. The maximum absolute atomic E-state index is 13.6. The van der Waals surface area contributed by atoms with Crippen molar-refractivity contribution in [2.24, 2.45) is 0 Å². The van der Waals surface area contributed by atoms with Gasteiger partial charge in [-0.1, -0.05) is 74.2 Å². The van der Waals surface area contributed by atoms with Crippen LogP contribution in [0, 0.1) is 6.92 Å². The average Bonchev–Trinajstić information content (AvgIpc) is 3.30. The number of carbonyl (C=O) groups is 2. The second-order valence-corrected chi connectivity index (χ2v) is 9.53. The Morgan fingerprint density at radius 3 is 2.44 bits per heavy atom. The number of hydrogen-bond acceptors (Lipinski definition) is 3. The van der Waals surface area contributed by atoms with Crippen LogP contribution in [-0.2, 0) is 27.3 Å². The fraction of sp³-hybridized carbons (Fsp3) is 0.467. The van der Waals surface area contributed by atoms with Gasteiger partial charge in [-0.3, -0.25) is 9.59 Å². The molecular formula is C30H41N3O3. The number of unbranched alkanes of at least 4 members (excludes halogenated alkanes) is 3. The highest BCUT2D eigenvalue weighted by atomic mass is 16.5. The Morgan fingerprint density at radius 2 is 1.69 bits per heavy atom. The molecule has 0 saturated carbocycles. The lowest BCUT2D eigenvalue weighted by Gasteiger charge is -2.28. The number of aryl methyl sites for hydroxylation is 1. The lowest BCUT2D eigenvalue weighted by molar-refractivity contribution is -0.141. The van der Waals surface area contributed by atoms with Gasteiger partial charge in [0, 0.05) is 50.3 Å². The summed E-state index contributed by atoms with van der Waals surface area (Å²) in [6, 6.07) is 16.5. The molecular weight excluding hydrogens is 450 g/mol. The van der Waals surface area contributed by atoms with Gasteiger partial charge in [-0.2, -0.15) is 0 Å². The van der Waals surface area contributed by atoms with Crippen LogP contribution in [0.15, 0.2) is 54.7 Å². The quantitative estimate of drug-likeness (QED) is 0.286. The number of carbonyl (C=O) groups excluding carboxylic acids is 2. The van der Waals surface area contributed by atoms with Gasteiger partial charge < -0.3 is 19.5 Å². The standard InChI is InChI=1S/C30H41N3O3/c1-4-5-6-7-12-29(34)33(19-20-36-3)23-30(35)32(22-25-15-13-24(2)14-16-25)18-17-26-21-31-28-11-9-8-10-27(26)28/h8-11,13-16,21,31H,4-7,12,17-20,22-23H2,1-3H3. The summed E-state index contributed by atoms with van der Waals surface area (Å²) in [6.07, 6.45) is 7.41. The van der Waals surface area contributed by atoms with E-state index in [-0.39, 0.29) is 18.4 Å². The molecule has 1 heterocycles. The molecule has 1 N–H and O–H groups in total. The van der Waals surface area contributed by atoms with Crippen LogP contribution in [0.25, 0.3) is 10.9 Å². The Kier molecular flexibility index (Phi) is 11.0. The number of H-pyrrole nitrogens is 1. The van der Waals surface area contributed by atoms with E-state index in [0.717, 1.165) is 43.2 Å². The molecule has 0 saturated heterocycles. The van der Waals surface area contributed by atoms with Gasteiger partial charge >= 0.3 is 0 Å². The molecule has 6 nitrogen and oxygen atoms in total. The van der Waals surface area contributed by atoms with Gasteiger partial charge in [0.15, 0.2) is 0 Å².